The Labute approximate surface area is 127 Å². The maximum absolute atomic E-state index is 12.1. The Hall–Kier alpha value is -1.39. The van der Waals surface area contributed by atoms with Gasteiger partial charge in [0.15, 0.2) is 0 Å². The molecule has 0 aromatic heterocycles. The van der Waals surface area contributed by atoms with E-state index in [0.29, 0.717) is 12.5 Å². The normalized spacial score (nSPS) is 19.7. The molecule has 1 fully saturated rings. The van der Waals surface area contributed by atoms with Gasteiger partial charge in [-0.2, -0.15) is 0 Å². The molecule has 1 amide bonds. The molecular weight excluding hydrogens is 264 g/mol. The van der Waals surface area contributed by atoms with Crippen LogP contribution in [-0.4, -0.2) is 50.2 Å². The fourth-order valence-corrected chi connectivity index (χ4v) is 2.51. The summed E-state index contributed by atoms with van der Waals surface area (Å²) >= 11 is 0. The fraction of sp³-hybridized carbons (Fsp3) is 0.588. The van der Waals surface area contributed by atoms with Gasteiger partial charge in [-0.1, -0.05) is 26.0 Å². The van der Waals surface area contributed by atoms with Gasteiger partial charge < -0.3 is 15.0 Å². The topological polar surface area (TPSA) is 41.6 Å². The van der Waals surface area contributed by atoms with E-state index in [-0.39, 0.29) is 12.0 Å². The lowest BCUT2D eigenvalue weighted by Gasteiger charge is -2.30. The summed E-state index contributed by atoms with van der Waals surface area (Å²) in [5.41, 5.74) is 1.98. The van der Waals surface area contributed by atoms with Crippen molar-refractivity contribution in [2.45, 2.75) is 32.3 Å². The summed E-state index contributed by atoms with van der Waals surface area (Å²) in [7, 11) is 2.10. The van der Waals surface area contributed by atoms with Crippen LogP contribution in [0.5, 0.6) is 0 Å². The van der Waals surface area contributed by atoms with Crippen LogP contribution in [-0.2, 0) is 4.74 Å². The minimum atomic E-state index is -0.00512. The number of carbonyl (C=O) groups excluding carboxylic acids is 1. The lowest BCUT2D eigenvalue weighted by Crippen LogP contribution is -2.41. The molecule has 4 heteroatoms. The molecule has 0 bridgehead atoms. The molecule has 1 aliphatic rings. The van der Waals surface area contributed by atoms with Crippen LogP contribution in [0.2, 0.25) is 0 Å². The van der Waals surface area contributed by atoms with Crippen LogP contribution in [0, 0.1) is 0 Å². The van der Waals surface area contributed by atoms with Gasteiger partial charge in [0.1, 0.15) is 0 Å². The molecule has 1 saturated heterocycles. The zero-order valence-electron chi connectivity index (χ0n) is 13.3. The summed E-state index contributed by atoms with van der Waals surface area (Å²) in [4.78, 5) is 14.3. The van der Waals surface area contributed by atoms with Gasteiger partial charge in [-0.05, 0) is 37.1 Å². The van der Waals surface area contributed by atoms with E-state index in [1.807, 2.05) is 24.3 Å². The van der Waals surface area contributed by atoms with Crippen LogP contribution in [0.3, 0.4) is 0 Å². The molecule has 1 heterocycles. The molecule has 0 aliphatic carbocycles. The van der Waals surface area contributed by atoms with Gasteiger partial charge >= 0.3 is 0 Å². The van der Waals surface area contributed by atoms with Crippen LogP contribution in [0.25, 0.3) is 0 Å². The van der Waals surface area contributed by atoms with E-state index in [2.05, 4.69) is 31.1 Å². The van der Waals surface area contributed by atoms with Crippen molar-refractivity contribution < 1.29 is 9.53 Å². The molecule has 1 aromatic carbocycles. The number of hydrogen-bond acceptors (Lipinski definition) is 3. The highest BCUT2D eigenvalue weighted by Crippen LogP contribution is 2.14. The Morgan fingerprint density at radius 2 is 2.10 bits per heavy atom. The van der Waals surface area contributed by atoms with E-state index in [4.69, 9.17) is 4.74 Å². The van der Waals surface area contributed by atoms with Crippen LogP contribution < -0.4 is 5.32 Å². The first-order valence-electron chi connectivity index (χ1n) is 7.74. The molecule has 116 valence electrons. The number of likely N-dealkylation sites (N-methyl/N-ethyl adjacent to an activating group) is 1. The number of hydrogen-bond donors (Lipinski definition) is 1. The minimum Gasteiger partial charge on any atom is -0.375 e. The summed E-state index contributed by atoms with van der Waals surface area (Å²) in [5.74, 6) is 0.483. The smallest absolute Gasteiger partial charge is 0.251 e. The van der Waals surface area contributed by atoms with Crippen molar-refractivity contribution in [2.24, 2.45) is 0 Å². The zero-order chi connectivity index (χ0) is 15.2. The monoisotopic (exact) mass is 290 g/mol. The number of carbonyl (C=O) groups is 1. The van der Waals surface area contributed by atoms with E-state index >= 15 is 0 Å². The Morgan fingerprint density at radius 3 is 2.71 bits per heavy atom. The standard InChI is InChI=1S/C17H26N2O2/c1-13(2)14-4-6-15(7-5-14)17(20)18-9-8-16-12-19(3)10-11-21-16/h4-7,13,16H,8-12H2,1-3H3,(H,18,20). The predicted molar refractivity (Wildman–Crippen MR) is 84.7 cm³/mol. The van der Waals surface area contributed by atoms with E-state index < -0.39 is 0 Å². The van der Waals surface area contributed by atoms with Crippen molar-refractivity contribution in [2.75, 3.05) is 33.3 Å². The van der Waals surface area contributed by atoms with E-state index in [1.54, 1.807) is 0 Å². The average Bonchev–Trinajstić information content (AvgIpc) is 2.47. The predicted octanol–water partition coefficient (Wildman–Crippen LogP) is 2.26. The molecule has 21 heavy (non-hydrogen) atoms. The van der Waals surface area contributed by atoms with Crippen molar-refractivity contribution in [1.29, 1.82) is 0 Å². The van der Waals surface area contributed by atoms with Crippen molar-refractivity contribution in [3.05, 3.63) is 35.4 Å². The van der Waals surface area contributed by atoms with Crippen LogP contribution in [0.4, 0.5) is 0 Å². The van der Waals surface area contributed by atoms with Crippen molar-refractivity contribution in [3.8, 4) is 0 Å². The maximum atomic E-state index is 12.1. The molecule has 4 nitrogen and oxygen atoms in total. The third-order valence-electron chi connectivity index (χ3n) is 3.93. The second-order valence-electron chi connectivity index (χ2n) is 6.08. The Morgan fingerprint density at radius 1 is 1.38 bits per heavy atom. The molecule has 1 N–H and O–H groups in total. The number of nitrogens with zero attached hydrogens (tertiary/aromatic N) is 1. The van der Waals surface area contributed by atoms with Crippen LogP contribution in [0.15, 0.2) is 24.3 Å². The summed E-state index contributed by atoms with van der Waals surface area (Å²) in [6.07, 6.45) is 1.09. The third kappa shape index (κ3) is 4.83. The van der Waals surface area contributed by atoms with Gasteiger partial charge in [-0.25, -0.2) is 0 Å². The van der Waals surface area contributed by atoms with Crippen molar-refractivity contribution in [1.82, 2.24) is 10.2 Å². The first-order chi connectivity index (χ1) is 10.1. The maximum Gasteiger partial charge on any atom is 0.251 e. The summed E-state index contributed by atoms with van der Waals surface area (Å²) in [6, 6.07) is 7.85. The van der Waals surface area contributed by atoms with E-state index in [1.165, 1.54) is 5.56 Å². The van der Waals surface area contributed by atoms with Gasteiger partial charge in [0, 0.05) is 25.2 Å². The average molecular weight is 290 g/mol. The molecule has 1 aromatic rings. The quantitative estimate of drug-likeness (QED) is 0.904. The van der Waals surface area contributed by atoms with Crippen molar-refractivity contribution >= 4 is 5.91 Å². The molecular formula is C17H26N2O2. The number of morpholine rings is 1. The summed E-state index contributed by atoms with van der Waals surface area (Å²) in [6.45, 7) is 7.67. The molecule has 1 unspecified atom stereocenters. The van der Waals surface area contributed by atoms with E-state index in [9.17, 15) is 4.79 Å². The Kier molecular flexibility index (Phi) is 5.76. The van der Waals surface area contributed by atoms with Gasteiger partial charge in [-0.3, -0.25) is 4.79 Å². The minimum absolute atomic E-state index is 0.00512. The van der Waals surface area contributed by atoms with Gasteiger partial charge in [0.05, 0.1) is 12.7 Å². The SMILES string of the molecule is CC(C)c1ccc(C(=O)NCCC2CN(C)CCO2)cc1. The molecule has 2 rings (SSSR count). The molecule has 0 radical (unpaired) electrons. The molecule has 1 atom stereocenters. The lowest BCUT2D eigenvalue weighted by atomic mass is 10.0. The summed E-state index contributed by atoms with van der Waals surface area (Å²) < 4.78 is 5.68. The summed E-state index contributed by atoms with van der Waals surface area (Å²) in [5, 5.41) is 2.97. The van der Waals surface area contributed by atoms with Gasteiger partial charge in [0.2, 0.25) is 0 Å². The van der Waals surface area contributed by atoms with Gasteiger partial charge in [-0.15, -0.1) is 0 Å². The van der Waals surface area contributed by atoms with Gasteiger partial charge in [0.25, 0.3) is 5.91 Å². The lowest BCUT2D eigenvalue weighted by molar-refractivity contribution is -0.0226. The van der Waals surface area contributed by atoms with Crippen LogP contribution >= 0.6 is 0 Å². The second kappa shape index (κ2) is 7.57. The second-order valence-corrected chi connectivity index (χ2v) is 6.08. The Balaban J connectivity index is 1.76. The van der Waals surface area contributed by atoms with E-state index in [0.717, 1.165) is 31.7 Å². The number of nitrogens with one attached hydrogen (secondary N) is 1. The molecule has 0 saturated carbocycles. The highest BCUT2D eigenvalue weighted by Gasteiger charge is 2.17. The largest absolute Gasteiger partial charge is 0.375 e. The fourth-order valence-electron chi connectivity index (χ4n) is 2.51. The highest BCUT2D eigenvalue weighted by atomic mass is 16.5. The number of amides is 1. The zero-order valence-corrected chi connectivity index (χ0v) is 13.3. The third-order valence-corrected chi connectivity index (χ3v) is 3.93. The molecule has 0 spiro atoms. The van der Waals surface area contributed by atoms with Crippen LogP contribution in [0.1, 0.15) is 42.1 Å². The first-order valence-corrected chi connectivity index (χ1v) is 7.74. The Bertz CT molecular complexity index is 456. The number of ether oxygens (including phenoxy) is 1. The number of benzene rings is 1. The molecule has 1 aliphatic heterocycles. The number of rotatable bonds is 5. The highest BCUT2D eigenvalue weighted by molar-refractivity contribution is 5.94. The van der Waals surface area contributed by atoms with Crippen molar-refractivity contribution in [3.63, 3.8) is 0 Å². The first kappa shape index (κ1) is 16.0.